The van der Waals surface area contributed by atoms with E-state index in [0.717, 1.165) is 22.9 Å². The van der Waals surface area contributed by atoms with Crippen molar-refractivity contribution in [2.24, 2.45) is 0 Å². The Morgan fingerprint density at radius 1 is 0.837 bits per heavy atom. The molecule has 5 aromatic rings. The van der Waals surface area contributed by atoms with Crippen LogP contribution in [0.2, 0.25) is 0 Å². The fraction of sp³-hybridized carbons (Fsp3) is 0.302. The van der Waals surface area contributed by atoms with Crippen LogP contribution in [0.1, 0.15) is 70.8 Å². The molecule has 2 unspecified atom stereocenters. The average Bonchev–Trinajstić information content (AvgIpc) is 3.46. The Labute approximate surface area is 306 Å². The van der Waals surface area contributed by atoms with E-state index >= 15 is 0 Å². The van der Waals surface area contributed by atoms with Crippen molar-refractivity contribution in [2.75, 3.05) is 11.9 Å². The van der Waals surface area contributed by atoms with Gasteiger partial charge in [-0.15, -0.1) is 41.6 Å². The maximum Gasteiger partial charge on any atom is 3.00 e. The largest absolute Gasteiger partial charge is 3.00 e. The molecule has 1 fully saturated rings. The van der Waals surface area contributed by atoms with Crippen LogP contribution in [-0.4, -0.2) is 39.4 Å². The van der Waals surface area contributed by atoms with Gasteiger partial charge in [0, 0.05) is 6.20 Å². The molecule has 2 aliphatic rings. The van der Waals surface area contributed by atoms with Gasteiger partial charge in [-0.25, -0.2) is 0 Å². The Bertz CT molecular complexity index is 1730. The first-order valence-corrected chi connectivity index (χ1v) is 17.1. The van der Waals surface area contributed by atoms with E-state index in [1.165, 1.54) is 65.3 Å². The predicted molar refractivity (Wildman–Crippen MR) is 199 cm³/mol. The third-order valence-electron chi connectivity index (χ3n) is 8.88. The number of benzene rings is 4. The Hall–Kier alpha value is -3.80. The van der Waals surface area contributed by atoms with Crippen LogP contribution in [0.3, 0.4) is 0 Å². The van der Waals surface area contributed by atoms with E-state index < -0.39 is 0 Å². The second-order valence-electron chi connectivity index (χ2n) is 12.9. The Morgan fingerprint density at radius 2 is 1.51 bits per heavy atom. The fourth-order valence-corrected chi connectivity index (χ4v) is 6.27. The van der Waals surface area contributed by atoms with E-state index in [0.29, 0.717) is 6.42 Å². The van der Waals surface area contributed by atoms with Crippen LogP contribution >= 0.6 is 0 Å². The first-order valence-electron chi connectivity index (χ1n) is 17.1. The number of hydrogen-bond donors (Lipinski definition) is 2. The number of anilines is 1. The number of para-hydroxylation sites is 1. The van der Waals surface area contributed by atoms with Crippen LogP contribution in [0, 0.1) is 18.8 Å². The van der Waals surface area contributed by atoms with Gasteiger partial charge in [-0.2, -0.15) is 37.0 Å². The number of aliphatic hydroxyl groups excluding tert-OH is 2. The van der Waals surface area contributed by atoms with Gasteiger partial charge in [0.25, 0.3) is 0 Å². The molecule has 256 valence electrons. The molecule has 5 nitrogen and oxygen atoms in total. The zero-order valence-corrected chi connectivity index (χ0v) is 31.4. The number of aliphatic hydroxyl groups is 2. The molecule has 0 radical (unpaired) electrons. The molecule has 4 aromatic carbocycles. The molecule has 2 atom stereocenters. The molecule has 2 heterocycles. The molecule has 1 aliphatic carbocycles. The van der Waals surface area contributed by atoms with E-state index in [1.54, 1.807) is 13.8 Å². The average molecular weight is 831 g/mol. The zero-order valence-electron chi connectivity index (χ0n) is 29.0. The minimum Gasteiger partial charge on any atom is -0.508 e. The molecule has 7 rings (SSSR count). The topological polar surface area (TPSA) is 59.8 Å². The third kappa shape index (κ3) is 10.8. The minimum absolute atomic E-state index is 0. The second-order valence-corrected chi connectivity index (χ2v) is 12.9. The van der Waals surface area contributed by atoms with E-state index in [2.05, 4.69) is 94.6 Å². The van der Waals surface area contributed by atoms with Crippen LogP contribution in [0.25, 0.3) is 33.2 Å². The van der Waals surface area contributed by atoms with E-state index in [1.807, 2.05) is 62.4 Å². The van der Waals surface area contributed by atoms with Crippen LogP contribution < -0.4 is 4.90 Å². The van der Waals surface area contributed by atoms with Gasteiger partial charge in [-0.05, 0) is 110 Å². The molecular weight excluding hydrogens is 783 g/mol. The summed E-state index contributed by atoms with van der Waals surface area (Å²) >= 11 is 0. The summed E-state index contributed by atoms with van der Waals surface area (Å²) in [5, 5.41) is 19.5. The molecule has 2 N–H and O–H groups in total. The van der Waals surface area contributed by atoms with Gasteiger partial charge in [-0.1, -0.05) is 55.7 Å². The summed E-state index contributed by atoms with van der Waals surface area (Å²) in [7, 11) is 2.04. The summed E-state index contributed by atoms with van der Waals surface area (Å²) < 4.78 is 0. The SMILES string of the molecule is CC(O)CC(C)O.CC1=CN(c2[c-]cccc2)[CH-]N1C.[Ir+3].[c-]1ccccc1-c1nccc2cc(-c3ccc(C4CCCCC4)cc3)ccc12. The summed E-state index contributed by atoms with van der Waals surface area (Å²) in [4.78, 5) is 8.76. The molecule has 0 saturated heterocycles. The summed E-state index contributed by atoms with van der Waals surface area (Å²) in [6, 6.07) is 40.5. The maximum atomic E-state index is 8.56. The first-order chi connectivity index (χ1) is 23.3. The molecule has 49 heavy (non-hydrogen) atoms. The van der Waals surface area contributed by atoms with Crippen molar-refractivity contribution in [1.29, 1.82) is 0 Å². The van der Waals surface area contributed by atoms with Crippen molar-refractivity contribution in [2.45, 2.75) is 77.4 Å². The van der Waals surface area contributed by atoms with Crippen LogP contribution in [0.4, 0.5) is 5.69 Å². The minimum atomic E-state index is -0.375. The molecule has 0 spiro atoms. The van der Waals surface area contributed by atoms with Crippen LogP contribution in [0.5, 0.6) is 0 Å². The number of rotatable bonds is 6. The van der Waals surface area contributed by atoms with Gasteiger partial charge in [0.1, 0.15) is 0 Å². The Morgan fingerprint density at radius 3 is 2.08 bits per heavy atom. The number of aromatic nitrogens is 1. The summed E-state index contributed by atoms with van der Waals surface area (Å²) in [5.41, 5.74) is 8.40. The van der Waals surface area contributed by atoms with Gasteiger partial charge < -0.3 is 25.0 Å². The van der Waals surface area contributed by atoms with Gasteiger partial charge in [0.2, 0.25) is 0 Å². The van der Waals surface area contributed by atoms with Gasteiger partial charge in [0.15, 0.2) is 0 Å². The van der Waals surface area contributed by atoms with Crippen molar-refractivity contribution in [1.82, 2.24) is 9.88 Å². The Kier molecular flexibility index (Phi) is 14.6. The standard InChI is InChI=1S/C27H24N.C11H12N2.C5H12O2.Ir/c1-3-7-20(8-4-1)21-11-13-22(14-12-21)24-15-16-26-25(19-24)17-18-28-27(26)23-9-5-2-6-10-23;1-10-8-13(9-12(10)2)11-6-4-3-5-7-11;1-4(6)3-5(2)7;/h2,5-6,9,11-20H,1,3-4,7-8H2;3-6,8-9H,1-2H3;4-7H,3H2,1-2H3;/q-1;-2;;+3. The van der Waals surface area contributed by atoms with E-state index in [-0.39, 0.29) is 32.3 Å². The van der Waals surface area contributed by atoms with Crippen molar-refractivity contribution in [3.8, 4) is 22.4 Å². The van der Waals surface area contributed by atoms with E-state index in [4.69, 9.17) is 10.2 Å². The quantitative estimate of drug-likeness (QED) is 0.167. The molecule has 6 heteroatoms. The van der Waals surface area contributed by atoms with Crippen molar-refractivity contribution in [3.63, 3.8) is 0 Å². The number of nitrogens with zero attached hydrogens (tertiary/aromatic N) is 3. The monoisotopic (exact) mass is 831 g/mol. The summed E-state index contributed by atoms with van der Waals surface area (Å²) in [6.45, 7) is 7.44. The first kappa shape index (κ1) is 38.0. The van der Waals surface area contributed by atoms with Gasteiger partial charge in [-0.3, -0.25) is 0 Å². The normalized spacial score (nSPS) is 15.6. The predicted octanol–water partition coefficient (Wildman–Crippen LogP) is 9.77. The Balaban J connectivity index is 0.000000214. The fourth-order valence-electron chi connectivity index (χ4n) is 6.27. The van der Waals surface area contributed by atoms with Crippen LogP contribution in [0.15, 0.2) is 115 Å². The third-order valence-corrected chi connectivity index (χ3v) is 8.88. The van der Waals surface area contributed by atoms with E-state index in [9.17, 15) is 0 Å². The zero-order chi connectivity index (χ0) is 33.9. The second kappa shape index (κ2) is 18.8. The molecule has 0 bridgehead atoms. The van der Waals surface area contributed by atoms with Gasteiger partial charge in [0.05, 0.1) is 12.2 Å². The maximum absolute atomic E-state index is 8.56. The van der Waals surface area contributed by atoms with Crippen LogP contribution in [-0.2, 0) is 20.1 Å². The number of hydrogen-bond acceptors (Lipinski definition) is 5. The van der Waals surface area contributed by atoms with Crippen molar-refractivity contribution < 1.29 is 30.3 Å². The number of fused-ring (bicyclic) bond motifs is 1. The van der Waals surface area contributed by atoms with Gasteiger partial charge >= 0.3 is 20.1 Å². The smallest absolute Gasteiger partial charge is 0.508 e. The van der Waals surface area contributed by atoms with Crippen molar-refractivity contribution >= 4 is 16.5 Å². The number of allylic oxidation sites excluding steroid dienone is 1. The molecule has 1 aromatic heterocycles. The van der Waals surface area contributed by atoms with Crippen molar-refractivity contribution in [3.05, 3.63) is 140 Å². The molecule has 0 amide bonds. The number of pyridine rings is 1. The summed E-state index contributed by atoms with van der Waals surface area (Å²) in [6.07, 6.45) is 10.6. The molecular formula is C43H48IrN3O2. The summed E-state index contributed by atoms with van der Waals surface area (Å²) in [5.74, 6) is 0.759. The molecule has 1 aliphatic heterocycles. The molecule has 1 saturated carbocycles.